The van der Waals surface area contributed by atoms with E-state index in [2.05, 4.69) is 21.1 Å². The van der Waals surface area contributed by atoms with Gasteiger partial charge in [0.25, 0.3) is 0 Å². The lowest BCUT2D eigenvalue weighted by molar-refractivity contribution is 0.0525. The molecule has 20 heavy (non-hydrogen) atoms. The fraction of sp³-hybridized carbons (Fsp3) is 0.231. The van der Waals surface area contributed by atoms with Crippen LogP contribution < -0.4 is 0 Å². The number of ether oxygens (including phenoxy) is 1. The van der Waals surface area contributed by atoms with Gasteiger partial charge in [0.2, 0.25) is 0 Å². The monoisotopic (exact) mass is 361 g/mol. The Morgan fingerprint density at radius 2 is 2.30 bits per heavy atom. The number of esters is 1. The molecule has 0 bridgehead atoms. The number of alkyl halides is 1. The fourth-order valence-electron chi connectivity index (χ4n) is 1.72. The standard InChI is InChI=1S/C13H10BrClFNO3/c1-2-19-13(18)11-9(6-14)20-17-12(11)10-7(15)4-3-5-8(10)16/h3-5H,2,6H2,1H3. The lowest BCUT2D eigenvalue weighted by Crippen LogP contribution is -2.07. The summed E-state index contributed by atoms with van der Waals surface area (Å²) >= 11 is 9.17. The van der Waals surface area contributed by atoms with Gasteiger partial charge in [-0.25, -0.2) is 9.18 Å². The maximum Gasteiger partial charge on any atom is 0.344 e. The van der Waals surface area contributed by atoms with Crippen LogP contribution in [0.15, 0.2) is 22.7 Å². The maximum absolute atomic E-state index is 13.9. The molecule has 2 rings (SSSR count). The van der Waals surface area contributed by atoms with Crippen molar-refractivity contribution in [3.8, 4) is 11.3 Å². The van der Waals surface area contributed by atoms with E-state index < -0.39 is 11.8 Å². The molecule has 0 saturated carbocycles. The molecule has 0 aliphatic heterocycles. The van der Waals surface area contributed by atoms with E-state index in [1.165, 1.54) is 18.2 Å². The minimum atomic E-state index is -0.627. The average molecular weight is 363 g/mol. The fourth-order valence-corrected chi connectivity index (χ4v) is 2.36. The molecule has 0 aliphatic carbocycles. The zero-order valence-electron chi connectivity index (χ0n) is 10.5. The summed E-state index contributed by atoms with van der Waals surface area (Å²) in [6.45, 7) is 1.87. The quantitative estimate of drug-likeness (QED) is 0.604. The molecule has 0 N–H and O–H groups in total. The van der Waals surface area contributed by atoms with Crippen molar-refractivity contribution in [1.29, 1.82) is 0 Å². The summed E-state index contributed by atoms with van der Waals surface area (Å²) in [6.07, 6.45) is 0. The number of carbonyl (C=O) groups is 1. The highest BCUT2D eigenvalue weighted by Crippen LogP contribution is 2.34. The SMILES string of the molecule is CCOC(=O)c1c(-c2c(F)cccc2Cl)noc1CBr. The number of rotatable bonds is 4. The number of hydrogen-bond acceptors (Lipinski definition) is 4. The van der Waals surface area contributed by atoms with Gasteiger partial charge in [-0.2, -0.15) is 0 Å². The molecular formula is C13H10BrClFNO3. The zero-order valence-corrected chi connectivity index (χ0v) is 12.8. The highest BCUT2D eigenvalue weighted by molar-refractivity contribution is 9.08. The van der Waals surface area contributed by atoms with Crippen LogP contribution >= 0.6 is 27.5 Å². The summed E-state index contributed by atoms with van der Waals surface area (Å²) in [5.41, 5.74) is 0.143. The Morgan fingerprint density at radius 1 is 1.55 bits per heavy atom. The minimum Gasteiger partial charge on any atom is -0.462 e. The van der Waals surface area contributed by atoms with E-state index in [0.717, 1.165) is 0 Å². The van der Waals surface area contributed by atoms with Gasteiger partial charge in [0.05, 0.1) is 22.5 Å². The molecule has 4 nitrogen and oxygen atoms in total. The topological polar surface area (TPSA) is 52.3 Å². The molecule has 1 heterocycles. The van der Waals surface area contributed by atoms with E-state index in [0.29, 0.717) is 0 Å². The van der Waals surface area contributed by atoms with Crippen LogP contribution in [0.4, 0.5) is 4.39 Å². The van der Waals surface area contributed by atoms with Gasteiger partial charge in [0.15, 0.2) is 5.76 Å². The number of nitrogens with zero attached hydrogens (tertiary/aromatic N) is 1. The Morgan fingerprint density at radius 3 is 2.90 bits per heavy atom. The van der Waals surface area contributed by atoms with Crippen LogP contribution in [0.2, 0.25) is 5.02 Å². The lowest BCUT2D eigenvalue weighted by Gasteiger charge is -2.05. The molecule has 0 spiro atoms. The molecule has 0 radical (unpaired) electrons. The van der Waals surface area contributed by atoms with Gasteiger partial charge < -0.3 is 9.26 Å². The van der Waals surface area contributed by atoms with Crippen LogP contribution in [-0.2, 0) is 10.1 Å². The number of carbonyl (C=O) groups excluding carboxylic acids is 1. The van der Waals surface area contributed by atoms with Crippen LogP contribution in [0.1, 0.15) is 23.0 Å². The average Bonchev–Trinajstić information content (AvgIpc) is 2.82. The third kappa shape index (κ3) is 2.71. The number of benzene rings is 1. The van der Waals surface area contributed by atoms with E-state index in [-0.39, 0.29) is 39.5 Å². The zero-order chi connectivity index (χ0) is 14.7. The van der Waals surface area contributed by atoms with E-state index in [9.17, 15) is 9.18 Å². The summed E-state index contributed by atoms with van der Waals surface area (Å²) in [6, 6.07) is 4.21. The van der Waals surface area contributed by atoms with Crippen molar-refractivity contribution in [1.82, 2.24) is 5.16 Å². The van der Waals surface area contributed by atoms with Gasteiger partial charge in [0.1, 0.15) is 17.1 Å². The maximum atomic E-state index is 13.9. The van der Waals surface area contributed by atoms with E-state index >= 15 is 0 Å². The van der Waals surface area contributed by atoms with E-state index in [1.807, 2.05) is 0 Å². The molecule has 7 heteroatoms. The number of halogens is 3. The smallest absolute Gasteiger partial charge is 0.344 e. The Kier molecular flexibility index (Phi) is 4.77. The Bertz CT molecular complexity index is 624. The first-order valence-corrected chi connectivity index (χ1v) is 7.26. The normalized spacial score (nSPS) is 10.6. The molecule has 1 aromatic heterocycles. The molecular weight excluding hydrogens is 353 g/mol. The van der Waals surface area contributed by atoms with Crippen molar-refractivity contribution in [2.75, 3.05) is 6.61 Å². The summed E-state index contributed by atoms with van der Waals surface area (Å²) < 4.78 is 23.9. The first-order chi connectivity index (χ1) is 9.60. The molecule has 0 amide bonds. The summed E-state index contributed by atoms with van der Waals surface area (Å²) in [4.78, 5) is 12.0. The Balaban J connectivity index is 2.63. The molecule has 0 atom stereocenters. The third-order valence-corrected chi connectivity index (χ3v) is 3.39. The van der Waals surface area contributed by atoms with Gasteiger partial charge in [0, 0.05) is 0 Å². The summed E-state index contributed by atoms with van der Waals surface area (Å²) in [5, 5.41) is 4.15. The molecule has 0 unspecified atom stereocenters. The van der Waals surface area contributed by atoms with Crippen LogP contribution in [-0.4, -0.2) is 17.7 Å². The van der Waals surface area contributed by atoms with Crippen LogP contribution in [0, 0.1) is 5.82 Å². The molecule has 0 aliphatic rings. The Labute approximate surface area is 128 Å². The first-order valence-electron chi connectivity index (χ1n) is 5.76. The van der Waals surface area contributed by atoms with Gasteiger partial charge in [-0.3, -0.25) is 0 Å². The van der Waals surface area contributed by atoms with Gasteiger partial charge in [-0.15, -0.1) is 0 Å². The summed E-state index contributed by atoms with van der Waals surface area (Å²) in [7, 11) is 0. The second kappa shape index (κ2) is 6.37. The predicted molar refractivity (Wildman–Crippen MR) is 75.5 cm³/mol. The van der Waals surface area contributed by atoms with E-state index in [1.54, 1.807) is 6.92 Å². The van der Waals surface area contributed by atoms with E-state index in [4.69, 9.17) is 20.9 Å². The second-order valence-electron chi connectivity index (χ2n) is 3.78. The predicted octanol–water partition coefficient (Wildman–Crippen LogP) is 4.21. The molecule has 0 fully saturated rings. The van der Waals surface area contributed by atoms with Crippen molar-refractivity contribution in [2.45, 2.75) is 12.3 Å². The van der Waals surface area contributed by atoms with Crippen molar-refractivity contribution in [3.63, 3.8) is 0 Å². The van der Waals surface area contributed by atoms with Gasteiger partial charge >= 0.3 is 5.97 Å². The van der Waals surface area contributed by atoms with Crippen molar-refractivity contribution in [2.24, 2.45) is 0 Å². The first kappa shape index (κ1) is 15.0. The van der Waals surface area contributed by atoms with Gasteiger partial charge in [-0.1, -0.05) is 38.8 Å². The van der Waals surface area contributed by atoms with Crippen LogP contribution in [0.25, 0.3) is 11.3 Å². The minimum absolute atomic E-state index is 0.0215. The molecule has 2 aromatic rings. The van der Waals surface area contributed by atoms with Crippen LogP contribution in [0.3, 0.4) is 0 Å². The number of aromatic nitrogens is 1. The largest absolute Gasteiger partial charge is 0.462 e. The van der Waals surface area contributed by atoms with Crippen molar-refractivity contribution >= 4 is 33.5 Å². The van der Waals surface area contributed by atoms with Crippen LogP contribution in [0.5, 0.6) is 0 Å². The Hall–Kier alpha value is -1.40. The number of hydrogen-bond donors (Lipinski definition) is 0. The van der Waals surface area contributed by atoms with Gasteiger partial charge in [-0.05, 0) is 19.1 Å². The highest BCUT2D eigenvalue weighted by Gasteiger charge is 2.27. The molecule has 1 aromatic carbocycles. The van der Waals surface area contributed by atoms with Crippen molar-refractivity contribution in [3.05, 3.63) is 40.4 Å². The third-order valence-electron chi connectivity index (χ3n) is 2.56. The molecule has 106 valence electrons. The highest BCUT2D eigenvalue weighted by atomic mass is 79.9. The van der Waals surface area contributed by atoms with Crippen molar-refractivity contribution < 1.29 is 18.4 Å². The second-order valence-corrected chi connectivity index (χ2v) is 4.75. The molecule has 0 saturated heterocycles. The lowest BCUT2D eigenvalue weighted by atomic mass is 10.1. The summed E-state index contributed by atoms with van der Waals surface area (Å²) in [5.74, 6) is -0.951.